The quantitative estimate of drug-likeness (QED) is 0.816. The highest BCUT2D eigenvalue weighted by Crippen LogP contribution is 2.21. The van der Waals surface area contributed by atoms with E-state index in [1.807, 2.05) is 25.1 Å². The second kappa shape index (κ2) is 7.01. The molecule has 1 unspecified atom stereocenters. The van der Waals surface area contributed by atoms with Gasteiger partial charge in [0.15, 0.2) is 0 Å². The Balaban J connectivity index is 2.82. The highest BCUT2D eigenvalue weighted by Gasteiger charge is 2.08. The first kappa shape index (κ1) is 14.5. The Kier molecular flexibility index (Phi) is 5.65. The molecule has 0 spiro atoms. The van der Waals surface area contributed by atoms with Crippen LogP contribution in [0.5, 0.6) is 0 Å². The molecule has 0 saturated carbocycles. The number of ether oxygens (including phenoxy) is 1. The third-order valence-corrected chi connectivity index (χ3v) is 2.78. The number of anilines is 2. The molecular formula is C14H22N2O2. The normalized spacial score (nSPS) is 12.0. The number of rotatable bonds is 6. The summed E-state index contributed by atoms with van der Waals surface area (Å²) in [4.78, 5) is 11.0. The largest absolute Gasteiger partial charge is 0.383 e. The average molecular weight is 250 g/mol. The predicted octanol–water partition coefficient (Wildman–Crippen LogP) is 2.79. The molecule has 0 aliphatic carbocycles. The first-order valence-corrected chi connectivity index (χ1v) is 6.20. The fraction of sp³-hybridized carbons (Fsp3) is 0.500. The van der Waals surface area contributed by atoms with Crippen LogP contribution >= 0.6 is 0 Å². The van der Waals surface area contributed by atoms with Crippen LogP contribution in [0.2, 0.25) is 0 Å². The lowest BCUT2D eigenvalue weighted by Crippen LogP contribution is -2.24. The zero-order chi connectivity index (χ0) is 13.5. The molecule has 0 saturated heterocycles. The van der Waals surface area contributed by atoms with Gasteiger partial charge in [-0.05, 0) is 31.0 Å². The van der Waals surface area contributed by atoms with Crippen molar-refractivity contribution in [3.05, 3.63) is 23.8 Å². The number of aryl methyl sites for hydroxylation is 1. The van der Waals surface area contributed by atoms with Gasteiger partial charge in [-0.2, -0.15) is 0 Å². The lowest BCUT2D eigenvalue weighted by Gasteiger charge is -2.19. The molecule has 4 heteroatoms. The molecule has 18 heavy (non-hydrogen) atoms. The molecule has 2 N–H and O–H groups in total. The first-order valence-electron chi connectivity index (χ1n) is 6.20. The van der Waals surface area contributed by atoms with Crippen molar-refractivity contribution in [2.75, 3.05) is 24.4 Å². The SMILES string of the molecule is CCC(COC)Nc1cc(NC(C)=O)ccc1C. The monoisotopic (exact) mass is 250 g/mol. The number of carbonyl (C=O) groups is 1. The third kappa shape index (κ3) is 4.37. The van der Waals surface area contributed by atoms with Gasteiger partial charge in [0.05, 0.1) is 6.61 Å². The standard InChI is InChI=1S/C14H22N2O2/c1-5-12(9-18-4)16-14-8-13(15-11(3)17)7-6-10(14)2/h6-8,12,16H,5,9H2,1-4H3,(H,15,17). The van der Waals surface area contributed by atoms with Gasteiger partial charge in [-0.15, -0.1) is 0 Å². The summed E-state index contributed by atoms with van der Waals surface area (Å²) < 4.78 is 5.17. The molecule has 0 aliphatic heterocycles. The van der Waals surface area contributed by atoms with Crippen LogP contribution in [0.15, 0.2) is 18.2 Å². The van der Waals surface area contributed by atoms with Crippen LogP contribution < -0.4 is 10.6 Å². The Morgan fingerprint density at radius 3 is 2.72 bits per heavy atom. The van der Waals surface area contributed by atoms with Crippen LogP contribution in [-0.4, -0.2) is 25.7 Å². The van der Waals surface area contributed by atoms with Crippen molar-refractivity contribution in [3.63, 3.8) is 0 Å². The topological polar surface area (TPSA) is 50.4 Å². The van der Waals surface area contributed by atoms with E-state index < -0.39 is 0 Å². The van der Waals surface area contributed by atoms with Crippen molar-refractivity contribution in [1.82, 2.24) is 0 Å². The molecule has 1 atom stereocenters. The van der Waals surface area contributed by atoms with E-state index in [2.05, 4.69) is 17.6 Å². The van der Waals surface area contributed by atoms with Crippen LogP contribution in [-0.2, 0) is 9.53 Å². The van der Waals surface area contributed by atoms with Gasteiger partial charge in [0.25, 0.3) is 0 Å². The van der Waals surface area contributed by atoms with E-state index in [1.54, 1.807) is 7.11 Å². The lowest BCUT2D eigenvalue weighted by molar-refractivity contribution is -0.114. The summed E-state index contributed by atoms with van der Waals surface area (Å²) in [5.41, 5.74) is 2.99. The summed E-state index contributed by atoms with van der Waals surface area (Å²) in [6.07, 6.45) is 0.984. The number of carbonyl (C=O) groups excluding carboxylic acids is 1. The first-order chi connectivity index (χ1) is 8.56. The summed E-state index contributed by atoms with van der Waals surface area (Å²) in [6.45, 7) is 6.33. The van der Waals surface area contributed by atoms with E-state index in [9.17, 15) is 4.79 Å². The van der Waals surface area contributed by atoms with E-state index >= 15 is 0 Å². The van der Waals surface area contributed by atoms with E-state index in [4.69, 9.17) is 4.74 Å². The summed E-state index contributed by atoms with van der Waals surface area (Å²) in [6, 6.07) is 6.13. The average Bonchev–Trinajstić information content (AvgIpc) is 2.32. The molecule has 0 radical (unpaired) electrons. The minimum atomic E-state index is -0.0614. The lowest BCUT2D eigenvalue weighted by atomic mass is 10.1. The Hall–Kier alpha value is -1.55. The molecule has 0 aromatic heterocycles. The molecule has 1 rings (SSSR count). The van der Waals surface area contributed by atoms with Gasteiger partial charge in [-0.3, -0.25) is 4.79 Å². The van der Waals surface area contributed by atoms with Crippen molar-refractivity contribution in [2.24, 2.45) is 0 Å². The van der Waals surface area contributed by atoms with Gasteiger partial charge in [0.2, 0.25) is 5.91 Å². The minimum Gasteiger partial charge on any atom is -0.383 e. The Morgan fingerprint density at radius 1 is 1.44 bits per heavy atom. The van der Waals surface area contributed by atoms with Crippen molar-refractivity contribution >= 4 is 17.3 Å². The zero-order valence-electron chi connectivity index (χ0n) is 11.5. The highest BCUT2D eigenvalue weighted by atomic mass is 16.5. The number of methoxy groups -OCH3 is 1. The molecule has 0 fully saturated rings. The van der Waals surface area contributed by atoms with Crippen LogP contribution in [0.1, 0.15) is 25.8 Å². The maximum absolute atomic E-state index is 11.0. The van der Waals surface area contributed by atoms with Crippen LogP contribution in [0, 0.1) is 6.92 Å². The molecule has 0 aliphatic rings. The molecule has 0 bridgehead atoms. The van der Waals surface area contributed by atoms with Crippen molar-refractivity contribution in [2.45, 2.75) is 33.2 Å². The number of hydrogen-bond donors (Lipinski definition) is 2. The van der Waals surface area contributed by atoms with E-state index in [-0.39, 0.29) is 11.9 Å². The molecule has 1 aromatic carbocycles. The second-order valence-electron chi connectivity index (χ2n) is 4.42. The zero-order valence-corrected chi connectivity index (χ0v) is 11.5. The molecule has 100 valence electrons. The van der Waals surface area contributed by atoms with Crippen molar-refractivity contribution in [1.29, 1.82) is 0 Å². The van der Waals surface area contributed by atoms with Gasteiger partial charge < -0.3 is 15.4 Å². The van der Waals surface area contributed by atoms with Gasteiger partial charge in [-0.25, -0.2) is 0 Å². The predicted molar refractivity (Wildman–Crippen MR) is 75.1 cm³/mol. The number of hydrogen-bond acceptors (Lipinski definition) is 3. The molecular weight excluding hydrogens is 228 g/mol. The smallest absolute Gasteiger partial charge is 0.221 e. The number of nitrogens with one attached hydrogen (secondary N) is 2. The summed E-state index contributed by atoms with van der Waals surface area (Å²) in [7, 11) is 1.70. The van der Waals surface area contributed by atoms with Crippen LogP contribution in [0.4, 0.5) is 11.4 Å². The van der Waals surface area contributed by atoms with Gasteiger partial charge in [0.1, 0.15) is 0 Å². The summed E-state index contributed by atoms with van der Waals surface area (Å²) in [5.74, 6) is -0.0614. The van der Waals surface area contributed by atoms with Gasteiger partial charge in [0, 0.05) is 31.5 Å². The summed E-state index contributed by atoms with van der Waals surface area (Å²) in [5, 5.41) is 6.22. The van der Waals surface area contributed by atoms with E-state index in [0.29, 0.717) is 6.61 Å². The Labute approximate surface area is 109 Å². The summed E-state index contributed by atoms with van der Waals surface area (Å²) >= 11 is 0. The number of amides is 1. The third-order valence-electron chi connectivity index (χ3n) is 2.78. The fourth-order valence-electron chi connectivity index (χ4n) is 1.74. The van der Waals surface area contributed by atoms with E-state index in [0.717, 1.165) is 23.4 Å². The molecule has 0 heterocycles. The van der Waals surface area contributed by atoms with Crippen LogP contribution in [0.3, 0.4) is 0 Å². The Bertz CT molecular complexity index is 405. The van der Waals surface area contributed by atoms with Crippen LogP contribution in [0.25, 0.3) is 0 Å². The minimum absolute atomic E-state index is 0.0614. The Morgan fingerprint density at radius 2 is 2.17 bits per heavy atom. The maximum Gasteiger partial charge on any atom is 0.221 e. The van der Waals surface area contributed by atoms with Gasteiger partial charge in [-0.1, -0.05) is 13.0 Å². The van der Waals surface area contributed by atoms with Crippen molar-refractivity contribution < 1.29 is 9.53 Å². The molecule has 4 nitrogen and oxygen atoms in total. The maximum atomic E-state index is 11.0. The van der Waals surface area contributed by atoms with Gasteiger partial charge >= 0.3 is 0 Å². The van der Waals surface area contributed by atoms with Crippen molar-refractivity contribution in [3.8, 4) is 0 Å². The highest BCUT2D eigenvalue weighted by molar-refractivity contribution is 5.89. The molecule has 1 aromatic rings. The fourth-order valence-corrected chi connectivity index (χ4v) is 1.74. The van der Waals surface area contributed by atoms with E-state index in [1.165, 1.54) is 6.92 Å². The number of benzene rings is 1. The molecule has 1 amide bonds. The second-order valence-corrected chi connectivity index (χ2v) is 4.42.